The number of aryl methyl sites for hydroxylation is 1. The van der Waals surface area contributed by atoms with Gasteiger partial charge in [-0.05, 0) is 67.3 Å². The van der Waals surface area contributed by atoms with Crippen LogP contribution in [0.1, 0.15) is 29.7 Å². The van der Waals surface area contributed by atoms with Crippen molar-refractivity contribution in [3.63, 3.8) is 0 Å². The van der Waals surface area contributed by atoms with Crippen LogP contribution >= 0.6 is 23.4 Å². The zero-order chi connectivity index (χ0) is 23.7. The summed E-state index contributed by atoms with van der Waals surface area (Å²) in [7, 11) is 0. The number of halogens is 1. The van der Waals surface area contributed by atoms with Gasteiger partial charge in [-0.1, -0.05) is 29.4 Å². The molecule has 1 fully saturated rings. The van der Waals surface area contributed by atoms with Crippen LogP contribution in [0.4, 0.5) is 11.6 Å². The molecule has 1 saturated heterocycles. The third-order valence-corrected chi connectivity index (χ3v) is 9.18. The monoisotopic (exact) mass is 501 g/mol. The highest BCUT2D eigenvalue weighted by Gasteiger charge is 2.41. The molecule has 1 spiro atoms. The summed E-state index contributed by atoms with van der Waals surface area (Å²) in [6, 6.07) is 8.31. The summed E-state index contributed by atoms with van der Waals surface area (Å²) in [6.07, 6.45) is 10.2. The number of fused-ring (bicyclic) bond motifs is 1. The van der Waals surface area contributed by atoms with Gasteiger partial charge in [-0.3, -0.25) is 9.38 Å². The van der Waals surface area contributed by atoms with Crippen LogP contribution in [0, 0.1) is 12.3 Å². The van der Waals surface area contributed by atoms with Gasteiger partial charge in [0.2, 0.25) is 0 Å². The molecule has 35 heavy (non-hydrogen) atoms. The van der Waals surface area contributed by atoms with E-state index in [0.29, 0.717) is 16.3 Å². The number of piperidine rings is 1. The van der Waals surface area contributed by atoms with E-state index in [9.17, 15) is 0 Å². The van der Waals surface area contributed by atoms with E-state index in [1.54, 1.807) is 18.0 Å². The Morgan fingerprint density at radius 1 is 1.03 bits per heavy atom. The van der Waals surface area contributed by atoms with Gasteiger partial charge in [0.15, 0.2) is 11.5 Å². The molecule has 0 unspecified atom stereocenters. The predicted molar refractivity (Wildman–Crippen MR) is 140 cm³/mol. The van der Waals surface area contributed by atoms with Gasteiger partial charge in [-0.2, -0.15) is 0 Å². The highest BCUT2D eigenvalue weighted by atomic mass is 35.5. The van der Waals surface area contributed by atoms with Crippen LogP contribution in [0.3, 0.4) is 0 Å². The molecule has 1 aliphatic carbocycles. The summed E-state index contributed by atoms with van der Waals surface area (Å²) in [5.74, 6) is 1.36. The summed E-state index contributed by atoms with van der Waals surface area (Å²) in [5, 5.41) is 0.472. The van der Waals surface area contributed by atoms with E-state index in [1.807, 2.05) is 18.5 Å². The Labute approximate surface area is 212 Å². The molecule has 6 heterocycles. The molecule has 5 aromatic rings. The lowest BCUT2D eigenvalue weighted by Crippen LogP contribution is -2.41. The minimum absolute atomic E-state index is 0.336. The molecule has 0 aromatic carbocycles. The van der Waals surface area contributed by atoms with Gasteiger partial charge in [0.05, 0.1) is 16.1 Å². The summed E-state index contributed by atoms with van der Waals surface area (Å²) in [4.78, 5) is 22.9. The molecule has 2 aliphatic rings. The second kappa shape index (κ2) is 7.70. The average Bonchev–Trinajstić information content (AvgIpc) is 3.54. The highest BCUT2D eigenvalue weighted by Crippen LogP contribution is 2.45. The second-order valence-corrected chi connectivity index (χ2v) is 11.3. The van der Waals surface area contributed by atoms with Crippen molar-refractivity contribution in [2.75, 3.05) is 23.7 Å². The third-order valence-electron chi connectivity index (χ3n) is 7.57. The van der Waals surface area contributed by atoms with Gasteiger partial charge in [0.1, 0.15) is 17.0 Å². The molecule has 0 radical (unpaired) electrons. The summed E-state index contributed by atoms with van der Waals surface area (Å²) in [6.45, 7) is 4.13. The van der Waals surface area contributed by atoms with Gasteiger partial charge in [-0.25, -0.2) is 15.0 Å². The van der Waals surface area contributed by atoms with E-state index in [-0.39, 0.29) is 0 Å². The smallest absolute Gasteiger partial charge is 0.157 e. The van der Waals surface area contributed by atoms with Crippen molar-refractivity contribution in [2.45, 2.75) is 42.4 Å². The Bertz CT molecular complexity index is 1590. The van der Waals surface area contributed by atoms with E-state index in [2.05, 4.69) is 39.4 Å². The number of aromatic nitrogens is 5. The lowest BCUT2D eigenvalue weighted by atomic mass is 9.76. The topological polar surface area (TPSA) is 85.2 Å². The van der Waals surface area contributed by atoms with E-state index < -0.39 is 0 Å². The maximum absolute atomic E-state index is 6.39. The van der Waals surface area contributed by atoms with Crippen molar-refractivity contribution in [3.8, 4) is 0 Å². The molecule has 5 aromatic heterocycles. The Balaban J connectivity index is 1.16. The molecule has 9 heteroatoms. The first-order valence-corrected chi connectivity index (χ1v) is 13.1. The number of nitrogens with zero attached hydrogens (tertiary/aromatic N) is 6. The van der Waals surface area contributed by atoms with Gasteiger partial charge in [0.25, 0.3) is 0 Å². The first kappa shape index (κ1) is 21.2. The predicted octanol–water partition coefficient (Wildman–Crippen LogP) is 5.19. The van der Waals surface area contributed by atoms with E-state index in [0.717, 1.165) is 71.2 Å². The van der Waals surface area contributed by atoms with Crippen LogP contribution in [0.5, 0.6) is 0 Å². The van der Waals surface area contributed by atoms with Crippen molar-refractivity contribution < 1.29 is 0 Å². The number of hydrogen-bond donors (Lipinski definition) is 1. The van der Waals surface area contributed by atoms with Crippen LogP contribution in [-0.2, 0) is 12.8 Å². The fourth-order valence-corrected chi connectivity index (χ4v) is 6.92. The molecule has 0 saturated carbocycles. The number of nitrogens with two attached hydrogens (primary N) is 1. The van der Waals surface area contributed by atoms with Crippen molar-refractivity contribution in [2.24, 2.45) is 5.41 Å². The Morgan fingerprint density at radius 2 is 1.89 bits per heavy atom. The Hall–Kier alpha value is -3.10. The van der Waals surface area contributed by atoms with E-state index in [4.69, 9.17) is 32.3 Å². The van der Waals surface area contributed by atoms with Crippen molar-refractivity contribution in [1.29, 1.82) is 0 Å². The molecule has 176 valence electrons. The van der Waals surface area contributed by atoms with Crippen LogP contribution in [0.2, 0.25) is 5.02 Å². The molecular weight excluding hydrogens is 478 g/mol. The van der Waals surface area contributed by atoms with Gasteiger partial charge >= 0.3 is 0 Å². The molecule has 1 aliphatic heterocycles. The number of hydrogen-bond acceptors (Lipinski definition) is 7. The van der Waals surface area contributed by atoms with Crippen molar-refractivity contribution >= 4 is 51.8 Å². The quantitative estimate of drug-likeness (QED) is 0.364. The van der Waals surface area contributed by atoms with Crippen LogP contribution in [0.25, 0.3) is 16.8 Å². The summed E-state index contributed by atoms with van der Waals surface area (Å²) in [5.41, 5.74) is 13.1. The summed E-state index contributed by atoms with van der Waals surface area (Å²) >= 11 is 7.93. The molecule has 7 rings (SSSR count). The zero-order valence-electron chi connectivity index (χ0n) is 19.3. The number of anilines is 2. The van der Waals surface area contributed by atoms with Crippen LogP contribution < -0.4 is 10.6 Å². The lowest BCUT2D eigenvalue weighted by Gasteiger charge is -2.39. The maximum atomic E-state index is 6.39. The normalized spacial score (nSPS) is 17.1. The van der Waals surface area contributed by atoms with Gasteiger partial charge in [0, 0.05) is 36.1 Å². The van der Waals surface area contributed by atoms with Crippen molar-refractivity contribution in [1.82, 2.24) is 24.3 Å². The first-order chi connectivity index (χ1) is 17.0. The third kappa shape index (κ3) is 3.34. The number of imidazole rings is 2. The minimum atomic E-state index is 0.336. The van der Waals surface area contributed by atoms with E-state index >= 15 is 0 Å². The highest BCUT2D eigenvalue weighted by molar-refractivity contribution is 7.99. The Kier molecular flexibility index (Phi) is 4.66. The Morgan fingerprint density at radius 3 is 2.74 bits per heavy atom. The molecule has 0 amide bonds. The average molecular weight is 502 g/mol. The maximum Gasteiger partial charge on any atom is 0.157 e. The molecule has 2 N–H and O–H groups in total. The standard InChI is InChI=1S/C26H24ClN7S/c1-15-10-16-11-26(12-17(16)30-13-15)5-8-33(9-6-26)24-18-14-31-25-20(2-3-21(32-24)34(18)25)35-19-4-7-29-23(28)22(19)27/h2-4,7,10,13-14H,5-6,8-9,11-12H2,1H3,(H2,28,29). The SMILES string of the molecule is Cc1cnc2c(c1)CC1(CCN(c3nc4ccc(Sc5ccnc(N)c5Cl)c5ncc3n45)CC1)C2. The molecule has 0 bridgehead atoms. The zero-order valence-corrected chi connectivity index (χ0v) is 20.9. The van der Waals surface area contributed by atoms with Gasteiger partial charge in [-0.15, -0.1) is 0 Å². The van der Waals surface area contributed by atoms with Crippen LogP contribution in [0.15, 0.2) is 52.6 Å². The minimum Gasteiger partial charge on any atom is -0.382 e. The van der Waals surface area contributed by atoms with E-state index in [1.165, 1.54) is 16.8 Å². The number of pyridine rings is 3. The molecule has 7 nitrogen and oxygen atoms in total. The largest absolute Gasteiger partial charge is 0.382 e. The fourth-order valence-electron chi connectivity index (χ4n) is 5.76. The van der Waals surface area contributed by atoms with Crippen molar-refractivity contribution in [3.05, 3.63) is 64.7 Å². The van der Waals surface area contributed by atoms with Crippen LogP contribution in [-0.4, -0.2) is 37.4 Å². The second-order valence-electron chi connectivity index (χ2n) is 9.86. The first-order valence-electron chi connectivity index (χ1n) is 11.9. The number of nitrogen functional groups attached to an aromatic ring is 1. The molecule has 0 atom stereocenters. The summed E-state index contributed by atoms with van der Waals surface area (Å²) < 4.78 is 2.15. The lowest BCUT2D eigenvalue weighted by molar-refractivity contribution is 0.231. The van der Waals surface area contributed by atoms with Gasteiger partial charge < -0.3 is 10.6 Å². The molecular formula is C26H24ClN7S. The fraction of sp³-hybridized carbons (Fsp3) is 0.308. The number of rotatable bonds is 3.